The van der Waals surface area contributed by atoms with Gasteiger partial charge in [-0.3, -0.25) is 9.59 Å². The normalized spacial score (nSPS) is 14.0. The molecule has 7 nitrogen and oxygen atoms in total. The summed E-state index contributed by atoms with van der Waals surface area (Å²) >= 11 is 0. The molecule has 1 heterocycles. The van der Waals surface area contributed by atoms with Crippen LogP contribution in [0.1, 0.15) is 25.0 Å². The molecule has 1 aromatic carbocycles. The molecule has 0 atom stereocenters. The predicted molar refractivity (Wildman–Crippen MR) is 103 cm³/mol. The fraction of sp³-hybridized carbons (Fsp3) is 0.526. The number of likely N-dealkylation sites (N-methyl/N-ethyl adjacent to an activating group) is 1. The maximum absolute atomic E-state index is 11.9. The van der Waals surface area contributed by atoms with Gasteiger partial charge >= 0.3 is 0 Å². The van der Waals surface area contributed by atoms with Crippen molar-refractivity contribution in [3.05, 3.63) is 35.4 Å². The number of hydrogen-bond acceptors (Lipinski definition) is 3. The molecule has 1 aliphatic rings. The van der Waals surface area contributed by atoms with Crippen molar-refractivity contribution >= 4 is 17.8 Å². The number of aliphatic imine (C=N–C) groups is 1. The van der Waals surface area contributed by atoms with E-state index in [9.17, 15) is 9.59 Å². The van der Waals surface area contributed by atoms with Crippen LogP contribution in [-0.4, -0.2) is 67.3 Å². The first-order chi connectivity index (χ1) is 12.4. The van der Waals surface area contributed by atoms with Crippen LogP contribution >= 0.6 is 0 Å². The molecule has 7 heteroatoms. The van der Waals surface area contributed by atoms with E-state index in [0.717, 1.165) is 13.0 Å². The summed E-state index contributed by atoms with van der Waals surface area (Å²) in [6, 6.07) is 8.40. The van der Waals surface area contributed by atoms with Crippen molar-refractivity contribution in [2.45, 2.75) is 32.9 Å². The molecule has 0 aromatic heterocycles. The van der Waals surface area contributed by atoms with Crippen LogP contribution in [0.25, 0.3) is 0 Å². The molecule has 1 aliphatic heterocycles. The average molecular weight is 359 g/mol. The van der Waals surface area contributed by atoms with Crippen LogP contribution in [-0.2, 0) is 22.6 Å². The first kappa shape index (κ1) is 19.8. The Kier molecular flexibility index (Phi) is 7.00. The number of benzene rings is 1. The van der Waals surface area contributed by atoms with Crippen LogP contribution in [0.4, 0.5) is 0 Å². The van der Waals surface area contributed by atoms with E-state index in [0.29, 0.717) is 12.5 Å². The SMILES string of the molecule is CC(C)NC(=O)CN=C(NCC(=O)N(C)C)N1CCc2ccccc2C1. The molecule has 2 rings (SSSR count). The summed E-state index contributed by atoms with van der Waals surface area (Å²) in [4.78, 5) is 31.9. The number of guanidine groups is 1. The lowest BCUT2D eigenvalue weighted by Gasteiger charge is -2.32. The van der Waals surface area contributed by atoms with Gasteiger partial charge in [0.1, 0.15) is 6.54 Å². The average Bonchev–Trinajstić information content (AvgIpc) is 2.60. The molecule has 0 saturated carbocycles. The second-order valence-corrected chi connectivity index (χ2v) is 6.94. The summed E-state index contributed by atoms with van der Waals surface area (Å²) in [6.45, 7) is 5.52. The summed E-state index contributed by atoms with van der Waals surface area (Å²) in [6.07, 6.45) is 0.913. The lowest BCUT2D eigenvalue weighted by atomic mass is 10.0. The Labute approximate surface area is 155 Å². The van der Waals surface area contributed by atoms with Crippen LogP contribution in [0.3, 0.4) is 0 Å². The third-order valence-corrected chi connectivity index (χ3v) is 4.15. The van der Waals surface area contributed by atoms with E-state index < -0.39 is 0 Å². The van der Waals surface area contributed by atoms with Gasteiger partial charge in [0.15, 0.2) is 5.96 Å². The number of carbonyl (C=O) groups excluding carboxylic acids is 2. The Morgan fingerprint density at radius 1 is 1.23 bits per heavy atom. The maximum atomic E-state index is 11.9. The van der Waals surface area contributed by atoms with Gasteiger partial charge in [0.25, 0.3) is 0 Å². The zero-order valence-corrected chi connectivity index (χ0v) is 16.1. The van der Waals surface area contributed by atoms with Crippen LogP contribution < -0.4 is 10.6 Å². The number of hydrogen-bond donors (Lipinski definition) is 2. The summed E-state index contributed by atoms with van der Waals surface area (Å²) in [5.74, 6) is 0.422. The minimum Gasteiger partial charge on any atom is -0.352 e. The smallest absolute Gasteiger partial charge is 0.242 e. The van der Waals surface area contributed by atoms with Crippen molar-refractivity contribution in [3.63, 3.8) is 0 Å². The van der Waals surface area contributed by atoms with Crippen molar-refractivity contribution < 1.29 is 9.59 Å². The summed E-state index contributed by atoms with van der Waals surface area (Å²) in [5.41, 5.74) is 2.59. The minimum atomic E-state index is -0.129. The van der Waals surface area contributed by atoms with E-state index in [-0.39, 0.29) is 30.9 Å². The number of rotatable bonds is 5. The second kappa shape index (κ2) is 9.22. The molecule has 1 aromatic rings. The van der Waals surface area contributed by atoms with E-state index in [1.165, 1.54) is 16.0 Å². The predicted octanol–water partition coefficient (Wildman–Crippen LogP) is 0.603. The number of fused-ring (bicyclic) bond motifs is 1. The van der Waals surface area contributed by atoms with Crippen molar-refractivity contribution in [2.75, 3.05) is 33.7 Å². The molecule has 2 N–H and O–H groups in total. The van der Waals surface area contributed by atoms with E-state index >= 15 is 0 Å². The van der Waals surface area contributed by atoms with Gasteiger partial charge in [-0.05, 0) is 31.4 Å². The van der Waals surface area contributed by atoms with Crippen LogP contribution in [0.5, 0.6) is 0 Å². The first-order valence-corrected chi connectivity index (χ1v) is 8.96. The number of amides is 2. The lowest BCUT2D eigenvalue weighted by molar-refractivity contribution is -0.127. The number of nitrogens with zero attached hydrogens (tertiary/aromatic N) is 3. The van der Waals surface area contributed by atoms with Crippen molar-refractivity contribution in [3.8, 4) is 0 Å². The van der Waals surface area contributed by atoms with Crippen LogP contribution in [0.2, 0.25) is 0 Å². The largest absolute Gasteiger partial charge is 0.352 e. The maximum Gasteiger partial charge on any atom is 0.242 e. The highest BCUT2D eigenvalue weighted by Crippen LogP contribution is 2.18. The zero-order valence-electron chi connectivity index (χ0n) is 16.1. The van der Waals surface area contributed by atoms with Crippen molar-refractivity contribution in [1.29, 1.82) is 0 Å². The van der Waals surface area contributed by atoms with Gasteiger partial charge in [-0.1, -0.05) is 24.3 Å². The molecule has 0 radical (unpaired) electrons. The van der Waals surface area contributed by atoms with E-state index in [1.807, 2.05) is 26.0 Å². The van der Waals surface area contributed by atoms with Crippen LogP contribution in [0.15, 0.2) is 29.3 Å². The Hall–Kier alpha value is -2.57. The quantitative estimate of drug-likeness (QED) is 0.596. The van der Waals surface area contributed by atoms with Gasteiger partial charge in [-0.25, -0.2) is 4.99 Å². The van der Waals surface area contributed by atoms with Crippen molar-refractivity contribution in [1.82, 2.24) is 20.4 Å². The van der Waals surface area contributed by atoms with Crippen molar-refractivity contribution in [2.24, 2.45) is 4.99 Å². The summed E-state index contributed by atoms with van der Waals surface area (Å²) in [5, 5.41) is 5.95. The standard InChI is InChI=1S/C19H29N5O2/c1-14(2)22-17(25)11-20-19(21-12-18(26)23(3)4)24-10-9-15-7-5-6-8-16(15)13-24/h5-8,14H,9-13H2,1-4H3,(H,20,21)(H,22,25). The number of carbonyl (C=O) groups is 2. The molecule has 0 aliphatic carbocycles. The highest BCUT2D eigenvalue weighted by molar-refractivity contribution is 5.88. The molecular weight excluding hydrogens is 330 g/mol. The Bertz CT molecular complexity index is 670. The minimum absolute atomic E-state index is 0.0365. The second-order valence-electron chi connectivity index (χ2n) is 6.94. The fourth-order valence-corrected chi connectivity index (χ4v) is 2.77. The first-order valence-electron chi connectivity index (χ1n) is 8.96. The highest BCUT2D eigenvalue weighted by Gasteiger charge is 2.20. The molecule has 0 bridgehead atoms. The third-order valence-electron chi connectivity index (χ3n) is 4.15. The third kappa shape index (κ3) is 5.75. The zero-order chi connectivity index (χ0) is 19.1. The number of nitrogens with one attached hydrogen (secondary N) is 2. The molecule has 0 spiro atoms. The molecule has 0 unspecified atom stereocenters. The molecule has 26 heavy (non-hydrogen) atoms. The Morgan fingerprint density at radius 3 is 2.58 bits per heavy atom. The van der Waals surface area contributed by atoms with Crippen LogP contribution in [0, 0.1) is 0 Å². The van der Waals surface area contributed by atoms with E-state index in [2.05, 4.69) is 32.7 Å². The van der Waals surface area contributed by atoms with Gasteiger partial charge in [-0.2, -0.15) is 0 Å². The molecule has 2 amide bonds. The lowest BCUT2D eigenvalue weighted by Crippen LogP contribution is -2.47. The molecular formula is C19H29N5O2. The summed E-state index contributed by atoms with van der Waals surface area (Å²) < 4.78 is 0. The Morgan fingerprint density at radius 2 is 1.92 bits per heavy atom. The summed E-state index contributed by atoms with van der Waals surface area (Å²) in [7, 11) is 3.43. The van der Waals surface area contributed by atoms with E-state index in [4.69, 9.17) is 0 Å². The van der Waals surface area contributed by atoms with E-state index in [1.54, 1.807) is 14.1 Å². The van der Waals surface area contributed by atoms with Gasteiger partial charge in [0, 0.05) is 33.2 Å². The fourth-order valence-electron chi connectivity index (χ4n) is 2.77. The molecule has 0 fully saturated rings. The van der Waals surface area contributed by atoms with Gasteiger partial charge in [0.2, 0.25) is 11.8 Å². The topological polar surface area (TPSA) is 77.0 Å². The monoisotopic (exact) mass is 359 g/mol. The highest BCUT2D eigenvalue weighted by atomic mass is 16.2. The van der Waals surface area contributed by atoms with Gasteiger partial charge < -0.3 is 20.4 Å². The van der Waals surface area contributed by atoms with Gasteiger partial charge in [-0.15, -0.1) is 0 Å². The Balaban J connectivity index is 2.09. The van der Waals surface area contributed by atoms with Gasteiger partial charge in [0.05, 0.1) is 6.54 Å². The molecule has 142 valence electrons. The molecule has 0 saturated heterocycles.